The molecule has 0 bridgehead atoms. The van der Waals surface area contributed by atoms with E-state index in [9.17, 15) is 10.0 Å². The molecule has 1 amide bonds. The lowest BCUT2D eigenvalue weighted by atomic mass is 10.0. The number of hydrogen-bond donors (Lipinski definition) is 3. The van der Waals surface area contributed by atoms with Crippen molar-refractivity contribution in [3.05, 3.63) is 103 Å². The molecule has 0 spiro atoms. The predicted octanol–water partition coefficient (Wildman–Crippen LogP) is 3.87. The first kappa shape index (κ1) is 21.5. The molecule has 2 aromatic carbocycles. The van der Waals surface area contributed by atoms with Crippen molar-refractivity contribution < 1.29 is 14.7 Å². The number of anilines is 2. The molecule has 0 atom stereocenters. The number of amides is 1. The lowest BCUT2D eigenvalue weighted by Gasteiger charge is -2.41. The molecule has 2 aromatic heterocycles. The summed E-state index contributed by atoms with van der Waals surface area (Å²) in [5.74, 6) is 0.283. The first-order valence-electron chi connectivity index (χ1n) is 11.1. The molecule has 0 radical (unpaired) electrons. The number of hydrogen-bond acceptors (Lipinski definition) is 6. The van der Waals surface area contributed by atoms with Crippen molar-refractivity contribution in [2.75, 3.05) is 23.3 Å². The van der Waals surface area contributed by atoms with E-state index in [-0.39, 0.29) is 6.10 Å². The molecule has 5 rings (SSSR count). The maximum atomic E-state index is 12.2. The fourth-order valence-corrected chi connectivity index (χ4v) is 4.04. The lowest BCUT2D eigenvalue weighted by molar-refractivity contribution is 0.0706. The maximum Gasteiger partial charge on any atom is 0.276 e. The van der Waals surface area contributed by atoms with Gasteiger partial charge < -0.3 is 19.5 Å². The van der Waals surface area contributed by atoms with Crippen LogP contribution in [-0.2, 0) is 6.54 Å². The van der Waals surface area contributed by atoms with Crippen LogP contribution < -0.4 is 20.4 Å². The normalized spacial score (nSPS) is 13.3. The summed E-state index contributed by atoms with van der Waals surface area (Å²) in [5.41, 5.74) is 5.92. The van der Waals surface area contributed by atoms with Crippen molar-refractivity contribution in [3.63, 3.8) is 0 Å². The van der Waals surface area contributed by atoms with Crippen LogP contribution in [0.3, 0.4) is 0 Å². The van der Waals surface area contributed by atoms with Crippen molar-refractivity contribution >= 4 is 17.3 Å². The fourth-order valence-electron chi connectivity index (χ4n) is 4.04. The minimum atomic E-state index is -0.544. The second-order valence-electron chi connectivity index (χ2n) is 8.09. The van der Waals surface area contributed by atoms with E-state index in [0.29, 0.717) is 25.2 Å². The zero-order valence-corrected chi connectivity index (χ0v) is 18.5. The van der Waals surface area contributed by atoms with Gasteiger partial charge in [0.1, 0.15) is 11.9 Å². The highest BCUT2D eigenvalue weighted by molar-refractivity contribution is 5.99. The van der Waals surface area contributed by atoms with Crippen molar-refractivity contribution in [1.82, 2.24) is 15.0 Å². The number of hydroxylamine groups is 1. The second-order valence-corrected chi connectivity index (χ2v) is 8.09. The van der Waals surface area contributed by atoms with Gasteiger partial charge in [0.25, 0.3) is 5.91 Å². The van der Waals surface area contributed by atoms with Gasteiger partial charge >= 0.3 is 0 Å². The molecule has 0 saturated carbocycles. The molecular weight excluding hydrogens is 430 g/mol. The molecule has 8 heteroatoms. The summed E-state index contributed by atoms with van der Waals surface area (Å²) in [5, 5.41) is 12.5. The van der Waals surface area contributed by atoms with E-state index >= 15 is 0 Å². The molecule has 8 nitrogen and oxygen atoms in total. The van der Waals surface area contributed by atoms with Crippen LogP contribution >= 0.6 is 0 Å². The standard InChI is InChI=1S/C26H25N5O3/c32-26(29-33)23-6-3-7-24(25(23)30-13-1-2-14-30)31-17-22(18-31)34-21-10-8-19(9-11-21)15-28-20-5-4-12-27-16-20/h1-14,16,22,28,33H,15,17-18H2,(H,29,32). The molecule has 1 aliphatic heterocycles. The number of rotatable bonds is 8. The average Bonchev–Trinajstić information content (AvgIpc) is 3.40. The quantitative estimate of drug-likeness (QED) is 0.276. The van der Waals surface area contributed by atoms with Crippen LogP contribution in [-0.4, -0.2) is 39.9 Å². The minimum Gasteiger partial charge on any atom is -0.487 e. The number of carbonyl (C=O) groups is 1. The zero-order valence-electron chi connectivity index (χ0n) is 18.5. The van der Waals surface area contributed by atoms with Crippen molar-refractivity contribution in [1.29, 1.82) is 0 Å². The first-order chi connectivity index (χ1) is 16.7. The van der Waals surface area contributed by atoms with Gasteiger partial charge in [-0.25, -0.2) is 5.48 Å². The predicted molar refractivity (Wildman–Crippen MR) is 130 cm³/mol. The second kappa shape index (κ2) is 9.68. The largest absolute Gasteiger partial charge is 0.487 e. The highest BCUT2D eigenvalue weighted by Crippen LogP contribution is 2.32. The Morgan fingerprint density at radius 3 is 2.53 bits per heavy atom. The van der Waals surface area contributed by atoms with E-state index in [0.717, 1.165) is 28.4 Å². The van der Waals surface area contributed by atoms with Crippen LogP contribution in [0.15, 0.2) is 91.5 Å². The number of nitrogens with zero attached hydrogens (tertiary/aromatic N) is 3. The van der Waals surface area contributed by atoms with Crippen LogP contribution in [0.25, 0.3) is 5.69 Å². The molecule has 3 N–H and O–H groups in total. The Morgan fingerprint density at radius 2 is 1.82 bits per heavy atom. The van der Waals surface area contributed by atoms with Crippen LogP contribution in [0.5, 0.6) is 5.75 Å². The van der Waals surface area contributed by atoms with E-state index in [1.54, 1.807) is 23.9 Å². The van der Waals surface area contributed by atoms with Crippen LogP contribution in [0.2, 0.25) is 0 Å². The van der Waals surface area contributed by atoms with Gasteiger partial charge in [-0.1, -0.05) is 18.2 Å². The monoisotopic (exact) mass is 455 g/mol. The summed E-state index contributed by atoms with van der Waals surface area (Å²) >= 11 is 0. The summed E-state index contributed by atoms with van der Waals surface area (Å²) in [6.07, 6.45) is 7.36. The molecule has 1 saturated heterocycles. The van der Waals surface area contributed by atoms with E-state index in [2.05, 4.69) is 27.3 Å². The molecule has 0 unspecified atom stereocenters. The van der Waals surface area contributed by atoms with E-state index in [1.807, 2.05) is 65.5 Å². The van der Waals surface area contributed by atoms with Crippen molar-refractivity contribution in [2.45, 2.75) is 12.6 Å². The summed E-state index contributed by atoms with van der Waals surface area (Å²) in [6.45, 7) is 2.11. The first-order valence-corrected chi connectivity index (χ1v) is 11.1. The molecular formula is C26H25N5O3. The summed E-state index contributed by atoms with van der Waals surface area (Å²) in [7, 11) is 0. The molecule has 1 aliphatic rings. The Labute approximate surface area is 197 Å². The number of pyridine rings is 1. The third-order valence-electron chi connectivity index (χ3n) is 5.80. The lowest BCUT2D eigenvalue weighted by Crippen LogP contribution is -2.54. The molecule has 3 heterocycles. The topological polar surface area (TPSA) is 91.7 Å². The van der Waals surface area contributed by atoms with Gasteiger partial charge in [0.05, 0.1) is 35.7 Å². The van der Waals surface area contributed by atoms with Gasteiger partial charge in [-0.05, 0) is 54.1 Å². The van der Waals surface area contributed by atoms with E-state index < -0.39 is 5.91 Å². The van der Waals surface area contributed by atoms with Gasteiger partial charge in [-0.2, -0.15) is 0 Å². The van der Waals surface area contributed by atoms with Gasteiger partial charge in [0.15, 0.2) is 0 Å². The summed E-state index contributed by atoms with van der Waals surface area (Å²) in [6, 6.07) is 21.3. The third-order valence-corrected chi connectivity index (χ3v) is 5.80. The Morgan fingerprint density at radius 1 is 1.03 bits per heavy atom. The van der Waals surface area contributed by atoms with Crippen LogP contribution in [0.1, 0.15) is 15.9 Å². The number of para-hydroxylation sites is 1. The van der Waals surface area contributed by atoms with Crippen molar-refractivity contribution in [3.8, 4) is 11.4 Å². The van der Waals surface area contributed by atoms with E-state index in [4.69, 9.17) is 4.74 Å². The number of ether oxygens (including phenoxy) is 1. The average molecular weight is 456 g/mol. The zero-order chi connectivity index (χ0) is 23.3. The highest BCUT2D eigenvalue weighted by atomic mass is 16.5. The summed E-state index contributed by atoms with van der Waals surface area (Å²) in [4.78, 5) is 18.5. The van der Waals surface area contributed by atoms with E-state index in [1.165, 1.54) is 0 Å². The summed E-state index contributed by atoms with van der Waals surface area (Å²) < 4.78 is 8.03. The van der Waals surface area contributed by atoms with Gasteiger partial charge in [-0.15, -0.1) is 0 Å². The minimum absolute atomic E-state index is 0.0483. The SMILES string of the molecule is O=C(NO)c1cccc(N2CC(Oc3ccc(CNc4cccnc4)cc3)C2)c1-n1cccc1. The molecule has 172 valence electrons. The molecule has 4 aromatic rings. The number of aromatic nitrogens is 2. The molecule has 1 fully saturated rings. The maximum absolute atomic E-state index is 12.2. The smallest absolute Gasteiger partial charge is 0.276 e. The number of benzene rings is 2. The number of carbonyl (C=O) groups excluding carboxylic acids is 1. The fraction of sp³-hybridized carbons (Fsp3) is 0.154. The van der Waals surface area contributed by atoms with Gasteiger partial charge in [-0.3, -0.25) is 15.0 Å². The van der Waals surface area contributed by atoms with Crippen molar-refractivity contribution in [2.24, 2.45) is 0 Å². The number of nitrogens with one attached hydrogen (secondary N) is 2. The Balaban J connectivity index is 1.22. The van der Waals surface area contributed by atoms with Gasteiger partial charge in [0.2, 0.25) is 0 Å². The molecule has 0 aliphatic carbocycles. The Hall–Kier alpha value is -4.30. The Bertz CT molecular complexity index is 1240. The van der Waals surface area contributed by atoms with Crippen LogP contribution in [0.4, 0.5) is 11.4 Å². The van der Waals surface area contributed by atoms with Gasteiger partial charge in [0, 0.05) is 31.3 Å². The highest BCUT2D eigenvalue weighted by Gasteiger charge is 2.31. The molecule has 34 heavy (non-hydrogen) atoms. The third kappa shape index (κ3) is 4.57. The Kier molecular flexibility index (Phi) is 6.13. The van der Waals surface area contributed by atoms with Crippen LogP contribution in [0, 0.1) is 0 Å².